The number of hydrogen-bond donors (Lipinski definition) is 0. The Balaban J connectivity index is 2.29. The van der Waals surface area contributed by atoms with E-state index in [1.54, 1.807) is 10.4 Å². The van der Waals surface area contributed by atoms with E-state index in [2.05, 4.69) is 15.9 Å². The van der Waals surface area contributed by atoms with Crippen molar-refractivity contribution in [3.63, 3.8) is 0 Å². The predicted molar refractivity (Wildman–Crippen MR) is 83.2 cm³/mol. The van der Waals surface area contributed by atoms with E-state index in [0.29, 0.717) is 10.8 Å². The van der Waals surface area contributed by atoms with Gasteiger partial charge < -0.3 is 0 Å². The topological polar surface area (TPSA) is 37.4 Å². The normalized spacial score (nSPS) is 18.1. The third-order valence-corrected chi connectivity index (χ3v) is 8.30. The van der Waals surface area contributed by atoms with E-state index in [0.717, 1.165) is 35.0 Å². The molecule has 3 nitrogen and oxygen atoms in total. The van der Waals surface area contributed by atoms with Gasteiger partial charge in [-0.1, -0.05) is 26.2 Å². The van der Waals surface area contributed by atoms with Crippen LogP contribution in [0.5, 0.6) is 0 Å². The van der Waals surface area contributed by atoms with Gasteiger partial charge in [0.15, 0.2) is 0 Å². The molecule has 0 unspecified atom stereocenters. The summed E-state index contributed by atoms with van der Waals surface area (Å²) in [5.74, 6) is 0. The summed E-state index contributed by atoms with van der Waals surface area (Å²) in [5, 5.41) is 0. The van der Waals surface area contributed by atoms with Crippen molar-refractivity contribution in [2.75, 3.05) is 6.54 Å². The molecule has 1 aliphatic carbocycles. The first-order valence-corrected chi connectivity index (χ1v) is 9.79. The molecule has 0 radical (unpaired) electrons. The van der Waals surface area contributed by atoms with Gasteiger partial charge in [-0.15, -0.1) is 11.3 Å². The van der Waals surface area contributed by atoms with Crippen molar-refractivity contribution in [1.82, 2.24) is 4.31 Å². The third-order valence-electron chi connectivity index (χ3n) is 3.69. The van der Waals surface area contributed by atoms with Gasteiger partial charge in [-0.05, 0) is 47.3 Å². The van der Waals surface area contributed by atoms with E-state index < -0.39 is 10.0 Å². The van der Waals surface area contributed by atoms with Gasteiger partial charge in [-0.3, -0.25) is 0 Å². The molecule has 19 heavy (non-hydrogen) atoms. The van der Waals surface area contributed by atoms with Crippen LogP contribution < -0.4 is 0 Å². The fourth-order valence-electron chi connectivity index (χ4n) is 2.67. The first kappa shape index (κ1) is 15.5. The Morgan fingerprint density at radius 2 is 2.00 bits per heavy atom. The van der Waals surface area contributed by atoms with Crippen LogP contribution in [-0.2, 0) is 10.0 Å². The maximum absolute atomic E-state index is 12.7. The summed E-state index contributed by atoms with van der Waals surface area (Å²) >= 11 is 4.73. The zero-order valence-corrected chi connectivity index (χ0v) is 14.6. The molecule has 0 amide bonds. The first-order valence-electron chi connectivity index (χ1n) is 6.74. The molecule has 0 atom stereocenters. The highest BCUT2D eigenvalue weighted by atomic mass is 79.9. The van der Waals surface area contributed by atoms with E-state index in [-0.39, 0.29) is 6.04 Å². The Hall–Kier alpha value is 0.0900. The van der Waals surface area contributed by atoms with Crippen molar-refractivity contribution in [3.05, 3.63) is 15.4 Å². The van der Waals surface area contributed by atoms with Crippen LogP contribution in [0.25, 0.3) is 0 Å². The molecule has 0 aliphatic heterocycles. The van der Waals surface area contributed by atoms with Gasteiger partial charge in [-0.25, -0.2) is 8.42 Å². The predicted octanol–water partition coefficient (Wildman–Crippen LogP) is 4.16. The second-order valence-corrected chi connectivity index (χ2v) is 9.51. The van der Waals surface area contributed by atoms with E-state index in [1.807, 2.05) is 13.8 Å². The number of aryl methyl sites for hydroxylation is 1. The smallest absolute Gasteiger partial charge is 0.206 e. The molecule has 1 aromatic heterocycles. The average molecular weight is 366 g/mol. The number of rotatable bonds is 4. The molecule has 1 heterocycles. The fourth-order valence-corrected chi connectivity index (χ4v) is 6.72. The maximum Gasteiger partial charge on any atom is 0.252 e. The van der Waals surface area contributed by atoms with E-state index >= 15 is 0 Å². The monoisotopic (exact) mass is 365 g/mol. The lowest BCUT2D eigenvalue weighted by atomic mass is 9.95. The van der Waals surface area contributed by atoms with Crippen LogP contribution in [0, 0.1) is 6.92 Å². The summed E-state index contributed by atoms with van der Waals surface area (Å²) < 4.78 is 28.6. The Morgan fingerprint density at radius 3 is 2.47 bits per heavy atom. The summed E-state index contributed by atoms with van der Waals surface area (Å²) in [5.41, 5.74) is 0.989. The van der Waals surface area contributed by atoms with Gasteiger partial charge in [0.05, 0.1) is 3.79 Å². The van der Waals surface area contributed by atoms with E-state index in [4.69, 9.17) is 0 Å². The van der Waals surface area contributed by atoms with Crippen molar-refractivity contribution in [2.24, 2.45) is 0 Å². The lowest BCUT2D eigenvalue weighted by Crippen LogP contribution is -2.40. The lowest BCUT2D eigenvalue weighted by molar-refractivity contribution is 0.261. The van der Waals surface area contributed by atoms with Crippen molar-refractivity contribution in [3.8, 4) is 0 Å². The van der Waals surface area contributed by atoms with Crippen LogP contribution in [0.15, 0.2) is 14.1 Å². The van der Waals surface area contributed by atoms with Gasteiger partial charge >= 0.3 is 0 Å². The second-order valence-electron chi connectivity index (χ2n) is 5.02. The zero-order chi connectivity index (χ0) is 14.0. The molecule has 1 fully saturated rings. The summed E-state index contributed by atoms with van der Waals surface area (Å²) in [6.45, 7) is 4.42. The van der Waals surface area contributed by atoms with Gasteiger partial charge in [0.25, 0.3) is 10.0 Å². The largest absolute Gasteiger partial charge is 0.252 e. The molecule has 6 heteroatoms. The van der Waals surface area contributed by atoms with Gasteiger partial charge in [0.2, 0.25) is 0 Å². The molecule has 1 aliphatic rings. The summed E-state index contributed by atoms with van der Waals surface area (Å²) in [6.07, 6.45) is 5.52. The number of nitrogens with zero attached hydrogens (tertiary/aromatic N) is 1. The van der Waals surface area contributed by atoms with Gasteiger partial charge in [0, 0.05) is 12.6 Å². The maximum atomic E-state index is 12.7. The summed E-state index contributed by atoms with van der Waals surface area (Å²) in [4.78, 5) is 0. The SMILES string of the molecule is CCN(C1CCCCC1)S(=O)(=O)c1cc(C)c(Br)s1. The number of sulfonamides is 1. The van der Waals surface area contributed by atoms with Crippen molar-refractivity contribution in [2.45, 2.75) is 56.2 Å². The van der Waals surface area contributed by atoms with Crippen molar-refractivity contribution >= 4 is 37.3 Å². The first-order chi connectivity index (χ1) is 8.96. The van der Waals surface area contributed by atoms with Crippen LogP contribution in [0.3, 0.4) is 0 Å². The number of halogens is 1. The van der Waals surface area contributed by atoms with Crippen molar-refractivity contribution in [1.29, 1.82) is 0 Å². The van der Waals surface area contributed by atoms with Crippen LogP contribution in [0.1, 0.15) is 44.6 Å². The van der Waals surface area contributed by atoms with Crippen LogP contribution in [-0.4, -0.2) is 25.3 Å². The zero-order valence-electron chi connectivity index (χ0n) is 11.4. The average Bonchev–Trinajstić information content (AvgIpc) is 2.72. The highest BCUT2D eigenvalue weighted by Crippen LogP contribution is 2.34. The van der Waals surface area contributed by atoms with E-state index in [1.165, 1.54) is 17.8 Å². The Kier molecular flexibility index (Phi) is 5.09. The summed E-state index contributed by atoms with van der Waals surface area (Å²) in [7, 11) is -3.33. The van der Waals surface area contributed by atoms with Crippen LogP contribution in [0.2, 0.25) is 0 Å². The molecule has 0 bridgehead atoms. The van der Waals surface area contributed by atoms with Crippen molar-refractivity contribution < 1.29 is 8.42 Å². The third kappa shape index (κ3) is 3.23. The number of thiophene rings is 1. The second kappa shape index (κ2) is 6.24. The van der Waals surface area contributed by atoms with Crippen LogP contribution >= 0.6 is 27.3 Å². The minimum atomic E-state index is -3.33. The molecule has 108 valence electrons. The minimum Gasteiger partial charge on any atom is -0.206 e. The molecule has 0 aromatic carbocycles. The molecule has 0 saturated heterocycles. The molecule has 0 spiro atoms. The van der Waals surface area contributed by atoms with Gasteiger partial charge in [-0.2, -0.15) is 4.31 Å². The molecular weight excluding hydrogens is 346 g/mol. The Labute approximate surface area is 128 Å². The minimum absolute atomic E-state index is 0.185. The Bertz CT molecular complexity index is 513. The molecule has 1 aromatic rings. The van der Waals surface area contributed by atoms with Crippen LogP contribution in [0.4, 0.5) is 0 Å². The standard InChI is InChI=1S/C13H20BrNO2S2/c1-3-15(11-7-5-4-6-8-11)19(16,17)12-9-10(2)13(14)18-12/h9,11H,3-8H2,1-2H3. The number of hydrogen-bond acceptors (Lipinski definition) is 3. The summed E-state index contributed by atoms with van der Waals surface area (Å²) in [6, 6.07) is 1.96. The fraction of sp³-hybridized carbons (Fsp3) is 0.692. The van der Waals surface area contributed by atoms with Gasteiger partial charge in [0.1, 0.15) is 4.21 Å². The molecule has 0 N–H and O–H groups in total. The van der Waals surface area contributed by atoms with E-state index in [9.17, 15) is 8.42 Å². The Morgan fingerprint density at radius 1 is 1.37 bits per heavy atom. The highest BCUT2D eigenvalue weighted by Gasteiger charge is 2.32. The molecule has 2 rings (SSSR count). The molecular formula is C13H20BrNO2S2. The highest BCUT2D eigenvalue weighted by molar-refractivity contribution is 9.11. The quantitative estimate of drug-likeness (QED) is 0.802. The molecule has 1 saturated carbocycles. The lowest BCUT2D eigenvalue weighted by Gasteiger charge is -2.32.